The molecule has 0 aliphatic rings. The maximum absolute atomic E-state index is 13.4. The Bertz CT molecular complexity index is 481. The van der Waals surface area contributed by atoms with Crippen LogP contribution in [0.3, 0.4) is 0 Å². The average molecular weight is 368 g/mol. The molecule has 0 aromatic heterocycles. The van der Waals surface area contributed by atoms with Gasteiger partial charge in [0.2, 0.25) is 29.1 Å². The normalized spacial score (nSPS) is 11.2. The van der Waals surface area contributed by atoms with Crippen LogP contribution >= 0.6 is 0 Å². The fourth-order valence-corrected chi connectivity index (χ4v) is 2.98. The maximum atomic E-state index is 13.4. The van der Waals surface area contributed by atoms with E-state index in [0.29, 0.717) is 6.42 Å². The number of unbranched alkanes of at least 4 members (excludes halogenated alkanes) is 8. The molecule has 1 aromatic carbocycles. The second-order valence-electron chi connectivity index (χ2n) is 5.93. The molecule has 0 aliphatic carbocycles. The molecule has 0 spiro atoms. The third-order valence-electron chi connectivity index (χ3n) is 3.91. The van der Waals surface area contributed by atoms with Crippen molar-refractivity contribution < 1.29 is 26.7 Å². The van der Waals surface area contributed by atoms with E-state index in [2.05, 4.69) is 0 Å². The van der Waals surface area contributed by atoms with Crippen molar-refractivity contribution in [1.29, 1.82) is 0 Å². The van der Waals surface area contributed by atoms with Crippen LogP contribution in [0.4, 0.5) is 22.0 Å². The second-order valence-corrected chi connectivity index (χ2v) is 6.93. The Kier molecular flexibility index (Phi) is 9.98. The molecule has 7 heteroatoms. The summed E-state index contributed by atoms with van der Waals surface area (Å²) < 4.78 is 70.3. The number of hydrogen-bond acceptors (Lipinski definition) is 1. The highest BCUT2D eigenvalue weighted by Gasteiger charge is 2.26. The van der Waals surface area contributed by atoms with Crippen LogP contribution in [0.1, 0.15) is 57.8 Å². The van der Waals surface area contributed by atoms with E-state index in [9.17, 15) is 22.0 Å². The Balaban J connectivity index is 2.20. The van der Waals surface area contributed by atoms with E-state index in [1.807, 2.05) is 0 Å². The SMILES string of the molecule is Fc1c(F)c(F)c(OCCCCCCCCCCC[SiH3])c(F)c1F. The van der Waals surface area contributed by atoms with E-state index in [-0.39, 0.29) is 6.61 Å². The second kappa shape index (κ2) is 11.4. The van der Waals surface area contributed by atoms with Gasteiger partial charge in [0, 0.05) is 10.2 Å². The summed E-state index contributed by atoms with van der Waals surface area (Å²) in [6.07, 6.45) is 9.68. The minimum Gasteiger partial charge on any atom is -0.487 e. The quantitative estimate of drug-likeness (QED) is 0.165. The van der Waals surface area contributed by atoms with Gasteiger partial charge in [-0.1, -0.05) is 57.4 Å². The summed E-state index contributed by atoms with van der Waals surface area (Å²) in [5.74, 6) is -11.1. The number of rotatable bonds is 12. The van der Waals surface area contributed by atoms with E-state index < -0.39 is 34.8 Å². The summed E-state index contributed by atoms with van der Waals surface area (Å²) in [5.41, 5.74) is 0. The van der Waals surface area contributed by atoms with E-state index in [0.717, 1.165) is 19.3 Å². The van der Waals surface area contributed by atoms with Crippen molar-refractivity contribution >= 4 is 10.2 Å². The van der Waals surface area contributed by atoms with Crippen molar-refractivity contribution in [3.63, 3.8) is 0 Å². The molecule has 0 unspecified atom stereocenters. The largest absolute Gasteiger partial charge is 0.487 e. The van der Waals surface area contributed by atoms with Gasteiger partial charge in [-0.3, -0.25) is 0 Å². The summed E-state index contributed by atoms with van der Waals surface area (Å²) in [6, 6.07) is 1.36. The third-order valence-corrected chi connectivity index (χ3v) is 4.62. The predicted molar refractivity (Wildman–Crippen MR) is 88.0 cm³/mol. The molecule has 0 fully saturated rings. The number of halogens is 5. The van der Waals surface area contributed by atoms with Crippen molar-refractivity contribution in [2.24, 2.45) is 0 Å². The predicted octanol–water partition coefficient (Wildman–Crippen LogP) is 5.06. The Morgan fingerprint density at radius 3 is 1.38 bits per heavy atom. The Hall–Kier alpha value is -1.11. The highest BCUT2D eigenvalue weighted by atomic mass is 28.1. The van der Waals surface area contributed by atoms with Gasteiger partial charge in [0.15, 0.2) is 5.75 Å². The fourth-order valence-electron chi connectivity index (χ4n) is 2.48. The highest BCUT2D eigenvalue weighted by Crippen LogP contribution is 2.29. The first-order valence-electron chi connectivity index (χ1n) is 8.64. The van der Waals surface area contributed by atoms with Crippen molar-refractivity contribution in [3.8, 4) is 5.75 Å². The first-order chi connectivity index (χ1) is 11.5. The van der Waals surface area contributed by atoms with Crippen LogP contribution in [-0.2, 0) is 0 Å². The first-order valence-corrected chi connectivity index (χ1v) is 10.1. The lowest BCUT2D eigenvalue weighted by Gasteiger charge is -2.10. The van der Waals surface area contributed by atoms with Gasteiger partial charge in [-0.25, -0.2) is 13.2 Å². The van der Waals surface area contributed by atoms with Crippen LogP contribution in [0.25, 0.3) is 0 Å². The van der Waals surface area contributed by atoms with Gasteiger partial charge < -0.3 is 4.74 Å². The zero-order valence-electron chi connectivity index (χ0n) is 14.1. The molecule has 0 atom stereocenters. The molecule has 0 heterocycles. The standard InChI is InChI=1S/C17H25F5OSi/c18-12-13(19)15(21)17(16(22)14(12)20)23-10-8-6-4-2-1-3-5-7-9-11-24/h1-11H2,24H3. The zero-order valence-corrected chi connectivity index (χ0v) is 16.1. The molecule has 0 radical (unpaired) electrons. The Morgan fingerprint density at radius 2 is 0.917 bits per heavy atom. The average Bonchev–Trinajstić information content (AvgIpc) is 2.58. The molecule has 0 aliphatic heterocycles. The molecular weight excluding hydrogens is 343 g/mol. The van der Waals surface area contributed by atoms with Gasteiger partial charge in [0.05, 0.1) is 6.61 Å². The summed E-state index contributed by atoms with van der Waals surface area (Å²) in [7, 11) is 1.28. The lowest BCUT2D eigenvalue weighted by atomic mass is 10.1. The molecule has 138 valence electrons. The maximum Gasteiger partial charge on any atom is 0.206 e. The number of benzene rings is 1. The summed E-state index contributed by atoms with van der Waals surface area (Å²) >= 11 is 0. The van der Waals surface area contributed by atoms with Crippen LogP contribution in [0.5, 0.6) is 5.75 Å². The van der Waals surface area contributed by atoms with E-state index >= 15 is 0 Å². The van der Waals surface area contributed by atoms with E-state index in [4.69, 9.17) is 4.74 Å². The molecule has 0 saturated heterocycles. The van der Waals surface area contributed by atoms with E-state index in [1.165, 1.54) is 48.4 Å². The highest BCUT2D eigenvalue weighted by molar-refractivity contribution is 6.08. The zero-order chi connectivity index (χ0) is 17.9. The van der Waals surface area contributed by atoms with Gasteiger partial charge in [-0.15, -0.1) is 0 Å². The number of hydrogen-bond donors (Lipinski definition) is 0. The first kappa shape index (κ1) is 20.9. The summed E-state index contributed by atoms with van der Waals surface area (Å²) in [4.78, 5) is 0. The van der Waals surface area contributed by atoms with Gasteiger partial charge in [0.25, 0.3) is 0 Å². The number of ether oxygens (including phenoxy) is 1. The van der Waals surface area contributed by atoms with Crippen molar-refractivity contribution in [2.75, 3.05) is 6.61 Å². The molecule has 1 nitrogen and oxygen atoms in total. The topological polar surface area (TPSA) is 9.23 Å². The minimum absolute atomic E-state index is 0.0707. The van der Waals surface area contributed by atoms with Crippen molar-refractivity contribution in [2.45, 2.75) is 63.8 Å². The van der Waals surface area contributed by atoms with Crippen molar-refractivity contribution in [1.82, 2.24) is 0 Å². The summed E-state index contributed by atoms with van der Waals surface area (Å²) in [5, 5.41) is 0. The fraction of sp³-hybridized carbons (Fsp3) is 0.647. The molecule has 0 bridgehead atoms. The molecule has 0 N–H and O–H groups in total. The van der Waals surface area contributed by atoms with Gasteiger partial charge in [-0.2, -0.15) is 8.78 Å². The van der Waals surface area contributed by atoms with Crippen LogP contribution in [-0.4, -0.2) is 16.8 Å². The Labute approximate surface area is 143 Å². The van der Waals surface area contributed by atoms with Gasteiger partial charge in [0.1, 0.15) is 0 Å². The molecular formula is C17H25F5OSi. The summed E-state index contributed by atoms with van der Waals surface area (Å²) in [6.45, 7) is -0.0707. The monoisotopic (exact) mass is 368 g/mol. The third kappa shape index (κ3) is 6.41. The van der Waals surface area contributed by atoms with Gasteiger partial charge in [-0.05, 0) is 6.42 Å². The smallest absolute Gasteiger partial charge is 0.206 e. The molecule has 0 amide bonds. The van der Waals surface area contributed by atoms with Crippen LogP contribution < -0.4 is 4.74 Å². The lowest BCUT2D eigenvalue weighted by Crippen LogP contribution is -2.08. The minimum atomic E-state index is -2.17. The van der Waals surface area contributed by atoms with Crippen LogP contribution in [0.15, 0.2) is 0 Å². The lowest BCUT2D eigenvalue weighted by molar-refractivity contribution is 0.255. The van der Waals surface area contributed by atoms with E-state index in [1.54, 1.807) is 0 Å². The van der Waals surface area contributed by atoms with Crippen LogP contribution in [0.2, 0.25) is 6.04 Å². The molecule has 1 rings (SSSR count). The Morgan fingerprint density at radius 1 is 0.542 bits per heavy atom. The molecule has 0 saturated carbocycles. The van der Waals surface area contributed by atoms with Crippen LogP contribution in [0, 0.1) is 29.1 Å². The van der Waals surface area contributed by atoms with Gasteiger partial charge >= 0.3 is 0 Å². The molecule has 24 heavy (non-hydrogen) atoms. The van der Waals surface area contributed by atoms with Crippen molar-refractivity contribution in [3.05, 3.63) is 29.1 Å². The molecule has 1 aromatic rings.